The van der Waals surface area contributed by atoms with E-state index in [-0.39, 0.29) is 71.3 Å². The smallest absolute Gasteiger partial charge is 0.461 e. The first kappa shape index (κ1) is 102. The van der Waals surface area contributed by atoms with E-state index in [9.17, 15) is 28.8 Å². The molecule has 5 fully saturated rings. The highest BCUT2D eigenvalue weighted by Gasteiger charge is 2.52. The van der Waals surface area contributed by atoms with Crippen LogP contribution in [0.4, 0.5) is 17.5 Å². The van der Waals surface area contributed by atoms with Gasteiger partial charge in [0, 0.05) is 95.8 Å². The third-order valence-electron chi connectivity index (χ3n) is 23.7. The number of anilines is 3. The van der Waals surface area contributed by atoms with Crippen molar-refractivity contribution in [3.8, 4) is 67.9 Å². The maximum atomic E-state index is 12.9. The number of nitrogens with one attached hydrogen (secondary N) is 3. The van der Waals surface area contributed by atoms with Gasteiger partial charge in [0.15, 0.2) is 5.43 Å². The SMILES string of the molecule is CC(C)n1nnnc1-c1cccc(N)n1.CC1(C)OB(c2cnn(C3CC3)c2)OC1(C)C.CCOC(=O)c1cc(-c2cnn(C3CC3)c2)c(C)cn1.CCOC(=O)c1cc(=O)c(C)c[nH]1.CCOC(=O)c1cc(C)c(C)cn1.Cc1cnc(C(=O)Nc2cccc(-c3nnnn3C(C)C)n2)cc1-c1cnn(C2CC2)c1.Cc1cnc(C(=O)Nc2cccc(-c3nnnn3C(C)C)n2)cc1-c1cnn(C2CC2)c1. The first-order valence-electron chi connectivity index (χ1n) is 47.3. The van der Waals surface area contributed by atoms with E-state index in [1.54, 1.807) is 133 Å². The van der Waals surface area contributed by atoms with E-state index in [2.05, 4.69) is 151 Å². The largest absolute Gasteiger partial charge is 0.498 e. The Balaban J connectivity index is 0.000000136. The number of ether oxygens (including phenoxy) is 3. The molecule has 0 bridgehead atoms. The number of aromatic nitrogens is 28. The van der Waals surface area contributed by atoms with E-state index in [1.165, 1.54) is 63.6 Å². The lowest BCUT2D eigenvalue weighted by molar-refractivity contribution is 0.00578. The topological polar surface area (TPSA) is 507 Å². The van der Waals surface area contributed by atoms with Crippen molar-refractivity contribution in [2.45, 2.75) is 236 Å². The van der Waals surface area contributed by atoms with E-state index >= 15 is 0 Å². The molecule has 43 heteroatoms. The molecular weight excluding hydrogens is 1810 g/mol. The number of esters is 3. The van der Waals surface area contributed by atoms with Gasteiger partial charge in [-0.2, -0.15) is 20.4 Å². The van der Waals surface area contributed by atoms with Crippen molar-refractivity contribution in [3.05, 3.63) is 238 Å². The zero-order valence-corrected chi connectivity index (χ0v) is 83.1. The highest BCUT2D eigenvalue weighted by atomic mass is 16.7. The molecular formula is C99H118BN31O11. The van der Waals surface area contributed by atoms with Crippen LogP contribution in [0.1, 0.15) is 269 Å². The van der Waals surface area contributed by atoms with Gasteiger partial charge >= 0.3 is 25.0 Å². The molecule has 0 aromatic carbocycles. The highest BCUT2D eigenvalue weighted by molar-refractivity contribution is 6.62. The van der Waals surface area contributed by atoms with Gasteiger partial charge in [-0.05, 0) is 319 Å². The van der Waals surface area contributed by atoms with Crippen LogP contribution in [0, 0.1) is 41.5 Å². The van der Waals surface area contributed by atoms with Crippen molar-refractivity contribution in [1.29, 1.82) is 0 Å². The number of H-pyrrole nitrogens is 1. The van der Waals surface area contributed by atoms with E-state index in [0.717, 1.165) is 66.7 Å². The average molecular weight is 1930 g/mol. The summed E-state index contributed by atoms with van der Waals surface area (Å²) in [6, 6.07) is 26.9. The Morgan fingerprint density at radius 3 is 1.16 bits per heavy atom. The number of carbonyl (C=O) groups excluding carboxylic acids is 5. The molecule has 5 aliphatic rings. The Bertz CT molecular complexity index is 6790. The molecule has 2 amide bonds. The van der Waals surface area contributed by atoms with Gasteiger partial charge in [0.2, 0.25) is 17.5 Å². The van der Waals surface area contributed by atoms with Gasteiger partial charge in [-0.3, -0.25) is 43.1 Å². The lowest BCUT2D eigenvalue weighted by atomic mass is 9.82. The minimum Gasteiger partial charge on any atom is -0.461 e. The van der Waals surface area contributed by atoms with Crippen LogP contribution in [0.25, 0.3) is 67.9 Å². The third-order valence-corrected chi connectivity index (χ3v) is 23.7. The molecule has 142 heavy (non-hydrogen) atoms. The number of hydrogen-bond acceptors (Lipinski definition) is 32. The number of nitrogens with zero attached hydrogens (tertiary/aromatic N) is 27. The molecule has 1 saturated heterocycles. The molecule has 20 rings (SSSR count). The Hall–Kier alpha value is -15.8. The van der Waals surface area contributed by atoms with Gasteiger partial charge in [-0.25, -0.2) is 53.3 Å². The van der Waals surface area contributed by atoms with Crippen LogP contribution in [0.2, 0.25) is 0 Å². The number of aromatic amines is 1. The number of hydrogen-bond donors (Lipinski definition) is 4. The maximum Gasteiger partial charge on any atom is 0.498 e. The number of nitrogen functional groups attached to an aromatic ring is 1. The zero-order valence-electron chi connectivity index (χ0n) is 83.1. The third kappa shape index (κ3) is 26.0. The van der Waals surface area contributed by atoms with E-state index < -0.39 is 5.97 Å². The molecule has 738 valence electrons. The summed E-state index contributed by atoms with van der Waals surface area (Å²) in [5.41, 5.74) is 20.8. The molecule has 4 saturated carbocycles. The molecule has 0 radical (unpaired) electrons. The summed E-state index contributed by atoms with van der Waals surface area (Å²) < 4.78 is 39.6. The van der Waals surface area contributed by atoms with Crippen LogP contribution in [-0.2, 0) is 23.5 Å². The molecule has 5 N–H and O–H groups in total. The Morgan fingerprint density at radius 1 is 0.437 bits per heavy atom. The number of aryl methyl sites for hydroxylation is 6. The Kier molecular flexibility index (Phi) is 32.6. The van der Waals surface area contributed by atoms with Crippen LogP contribution in [0.15, 0.2) is 170 Å². The lowest BCUT2D eigenvalue weighted by Gasteiger charge is -2.32. The molecule has 42 nitrogen and oxygen atoms in total. The minimum absolute atomic E-state index is 0.0829. The van der Waals surface area contributed by atoms with Crippen LogP contribution in [-0.4, -0.2) is 207 Å². The second kappa shape index (κ2) is 45.4. The van der Waals surface area contributed by atoms with E-state index in [1.807, 2.05) is 150 Å². The molecule has 15 aromatic rings. The van der Waals surface area contributed by atoms with E-state index in [0.29, 0.717) is 124 Å². The molecule has 15 aromatic heterocycles. The lowest BCUT2D eigenvalue weighted by Crippen LogP contribution is -2.41. The Labute approximate surface area is 820 Å². The predicted molar refractivity (Wildman–Crippen MR) is 530 cm³/mol. The maximum absolute atomic E-state index is 12.9. The number of carbonyl (C=O) groups is 5. The second-order valence-electron chi connectivity index (χ2n) is 36.6. The van der Waals surface area contributed by atoms with Gasteiger partial charge in [0.1, 0.15) is 63.0 Å². The molecule has 0 unspecified atom stereocenters. The molecule has 16 heterocycles. The predicted octanol–water partition coefficient (Wildman–Crippen LogP) is 14.9. The second-order valence-corrected chi connectivity index (χ2v) is 36.6. The van der Waals surface area contributed by atoms with Crippen molar-refractivity contribution in [1.82, 2.24) is 140 Å². The molecule has 0 atom stereocenters. The fraction of sp³-hybridized carbons (Fsp3) is 0.394. The van der Waals surface area contributed by atoms with Crippen LogP contribution < -0.4 is 27.3 Å². The summed E-state index contributed by atoms with van der Waals surface area (Å²) >= 11 is 0. The van der Waals surface area contributed by atoms with Crippen LogP contribution in [0.5, 0.6) is 0 Å². The summed E-state index contributed by atoms with van der Waals surface area (Å²) in [7, 11) is -0.285. The standard InChI is InChI=1S/2C22H23N9O.C15H17N3O2.C12H19BN2O2.C10H13NO2.C9H12N6.C9H11NO3/c2*1-13(2)31-21(27-28-29-31)18-5-4-6-20(25-18)26-22(32)19-9-17(14(3)10-23-19)15-11-24-30(12-15)16-7-8-16;1-3-20-15(19)14-6-13(10(2)7-16-14)11-8-17-18(9-11)12-4-5-12;1-11(2)12(3,4)17-13(16-11)9-7-14-15(8-9)10-5-6-10;1-4-13-10(12)9-5-7(2)8(3)6-11-9;1-6(2)15-9(12-13-14-15)7-4-3-5-8(10)11-7;1-3-13-9(12)7-4-8(11)6(2)5-10-7/h2*4-6,9-13,16H,7-8H2,1-3H3,(H,25,26,32);6-9,12H,3-5H2,1-2H3;7-8,10H,5-6H2,1-4H3;5-6H,4H2,1-3H3;3-6H,1-2H3,(H2,10,11);4-5H,3H2,1-2H3,(H,10,11). The fourth-order valence-electron chi connectivity index (χ4n) is 14.2. The first-order valence-corrected chi connectivity index (χ1v) is 47.3. The minimum atomic E-state index is -0.500. The molecule has 1 aliphatic heterocycles. The van der Waals surface area contributed by atoms with Gasteiger partial charge < -0.3 is 44.9 Å². The van der Waals surface area contributed by atoms with Crippen LogP contribution in [0.3, 0.4) is 0 Å². The van der Waals surface area contributed by atoms with Gasteiger partial charge in [-0.1, -0.05) is 18.2 Å². The number of rotatable bonds is 24. The molecule has 0 spiro atoms. The van der Waals surface area contributed by atoms with Gasteiger partial charge in [0.25, 0.3) is 11.8 Å². The van der Waals surface area contributed by atoms with Crippen molar-refractivity contribution in [2.75, 3.05) is 36.2 Å². The fourth-order valence-corrected chi connectivity index (χ4v) is 14.2. The van der Waals surface area contributed by atoms with Gasteiger partial charge in [0.05, 0.1) is 91.9 Å². The van der Waals surface area contributed by atoms with Crippen molar-refractivity contribution < 1.29 is 47.5 Å². The summed E-state index contributed by atoms with van der Waals surface area (Å²) in [6.45, 7) is 38.0. The summed E-state index contributed by atoms with van der Waals surface area (Å²) in [5, 5.41) is 58.4. The number of pyridine rings is 8. The zero-order chi connectivity index (χ0) is 101. The summed E-state index contributed by atoms with van der Waals surface area (Å²) in [6.07, 6.45) is 33.4. The van der Waals surface area contributed by atoms with Crippen LogP contribution >= 0.6 is 0 Å². The average Bonchev–Trinajstić information content (AvgIpc) is 1.61. The highest BCUT2D eigenvalue weighted by Crippen LogP contribution is 2.41. The summed E-state index contributed by atoms with van der Waals surface area (Å²) in [4.78, 5) is 104. The molecule has 4 aliphatic carbocycles. The first-order chi connectivity index (χ1) is 68.0. The number of nitrogens with two attached hydrogens (primary N) is 1. The number of tetrazole rings is 3. The normalized spacial score (nSPS) is 14.2. The van der Waals surface area contributed by atoms with Gasteiger partial charge in [-0.15, -0.1) is 15.3 Å². The number of amides is 2. The monoisotopic (exact) mass is 1930 g/mol. The van der Waals surface area contributed by atoms with Crippen molar-refractivity contribution in [3.63, 3.8) is 0 Å². The summed E-state index contributed by atoms with van der Waals surface area (Å²) in [5.74, 6) is 1.06. The van der Waals surface area contributed by atoms with Crippen molar-refractivity contribution >= 4 is 59.8 Å². The Morgan fingerprint density at radius 2 is 0.789 bits per heavy atom. The van der Waals surface area contributed by atoms with Crippen molar-refractivity contribution in [2.24, 2.45) is 0 Å². The quantitative estimate of drug-likeness (QED) is 0.0248. The van der Waals surface area contributed by atoms with E-state index in [4.69, 9.17) is 29.3 Å².